The number of benzene rings is 1. The van der Waals surface area contributed by atoms with Gasteiger partial charge in [0, 0.05) is 43.3 Å². The Balaban J connectivity index is 1.49. The van der Waals surface area contributed by atoms with Crippen LogP contribution in [-0.2, 0) is 0 Å². The fourth-order valence-corrected chi connectivity index (χ4v) is 2.62. The number of nitrogens with one attached hydrogen (secondary N) is 3. The van der Waals surface area contributed by atoms with Crippen LogP contribution in [0.4, 0.5) is 16.3 Å². The number of urea groups is 1. The van der Waals surface area contributed by atoms with Crippen LogP contribution in [0.25, 0.3) is 5.82 Å². The Hall–Kier alpha value is -3.82. The van der Waals surface area contributed by atoms with Gasteiger partial charge in [-0.25, -0.2) is 19.4 Å². The number of aryl methyl sites for hydroxylation is 1. The lowest BCUT2D eigenvalue weighted by atomic mass is 10.3. The van der Waals surface area contributed by atoms with Gasteiger partial charge in [0.05, 0.1) is 14.2 Å². The molecule has 3 aromatic rings. The lowest BCUT2D eigenvalue weighted by Crippen LogP contribution is -2.32. The summed E-state index contributed by atoms with van der Waals surface area (Å²) >= 11 is 0. The summed E-state index contributed by atoms with van der Waals surface area (Å²) in [7, 11) is 3.10. The predicted molar refractivity (Wildman–Crippen MR) is 109 cm³/mol. The molecule has 152 valence electrons. The first kappa shape index (κ1) is 19.9. The maximum absolute atomic E-state index is 12.1. The minimum atomic E-state index is -0.324. The summed E-state index contributed by atoms with van der Waals surface area (Å²) in [5.41, 5.74) is 0.600. The van der Waals surface area contributed by atoms with E-state index in [4.69, 9.17) is 9.47 Å². The molecule has 0 radical (unpaired) electrons. The fourth-order valence-electron chi connectivity index (χ4n) is 2.62. The van der Waals surface area contributed by atoms with Crippen molar-refractivity contribution in [1.29, 1.82) is 0 Å². The zero-order chi connectivity index (χ0) is 20.6. The second-order valence-corrected chi connectivity index (χ2v) is 5.99. The Labute approximate surface area is 168 Å². The van der Waals surface area contributed by atoms with E-state index in [1.807, 2.05) is 19.2 Å². The van der Waals surface area contributed by atoms with E-state index in [1.54, 1.807) is 49.4 Å². The van der Waals surface area contributed by atoms with E-state index >= 15 is 0 Å². The molecule has 2 aromatic heterocycles. The standard InChI is InChI=1S/C19H23N7O3/c1-13-23-17(12-18(24-13)26-10-4-7-22-26)20-8-9-21-19(27)25-14-5-6-15(28-2)16(11-14)29-3/h4-7,10-12H,8-9H2,1-3H3,(H,20,23,24)(H2,21,25,27). The topological polar surface area (TPSA) is 115 Å². The SMILES string of the molecule is COc1ccc(NC(=O)NCCNc2cc(-n3cccn3)nc(C)n2)cc1OC. The highest BCUT2D eigenvalue weighted by atomic mass is 16.5. The van der Waals surface area contributed by atoms with E-state index in [0.717, 1.165) is 0 Å². The summed E-state index contributed by atoms with van der Waals surface area (Å²) in [5.74, 6) is 3.09. The number of rotatable bonds is 8. The Bertz CT molecular complexity index is 960. The molecule has 10 nitrogen and oxygen atoms in total. The average Bonchev–Trinajstić information content (AvgIpc) is 3.26. The molecular formula is C19H23N7O3. The molecule has 0 spiro atoms. The lowest BCUT2D eigenvalue weighted by molar-refractivity contribution is 0.252. The molecule has 3 rings (SSSR count). The normalized spacial score (nSPS) is 10.3. The largest absolute Gasteiger partial charge is 0.493 e. The fraction of sp³-hybridized carbons (Fsp3) is 0.263. The van der Waals surface area contributed by atoms with Gasteiger partial charge in [0.25, 0.3) is 0 Å². The average molecular weight is 397 g/mol. The molecule has 0 fully saturated rings. The van der Waals surface area contributed by atoms with Crippen molar-refractivity contribution in [2.24, 2.45) is 0 Å². The van der Waals surface area contributed by atoms with Crippen molar-refractivity contribution in [3.05, 3.63) is 48.5 Å². The van der Waals surface area contributed by atoms with Crippen LogP contribution < -0.4 is 25.4 Å². The zero-order valence-electron chi connectivity index (χ0n) is 16.5. The predicted octanol–water partition coefficient (Wildman–Crippen LogP) is 2.22. The van der Waals surface area contributed by atoms with Crippen molar-refractivity contribution in [2.75, 3.05) is 37.9 Å². The molecule has 2 heterocycles. The van der Waals surface area contributed by atoms with E-state index in [2.05, 4.69) is 31.0 Å². The Morgan fingerprint density at radius 2 is 1.93 bits per heavy atom. The summed E-state index contributed by atoms with van der Waals surface area (Å²) in [5, 5.41) is 12.9. The van der Waals surface area contributed by atoms with Crippen LogP contribution in [0.1, 0.15) is 5.82 Å². The first-order chi connectivity index (χ1) is 14.1. The van der Waals surface area contributed by atoms with Crippen LogP contribution in [0.3, 0.4) is 0 Å². The van der Waals surface area contributed by atoms with Crippen molar-refractivity contribution < 1.29 is 14.3 Å². The van der Waals surface area contributed by atoms with Gasteiger partial charge in [-0.1, -0.05) is 0 Å². The lowest BCUT2D eigenvalue weighted by Gasteiger charge is -2.12. The summed E-state index contributed by atoms with van der Waals surface area (Å²) in [6.07, 6.45) is 3.50. The zero-order valence-corrected chi connectivity index (χ0v) is 16.5. The van der Waals surface area contributed by atoms with E-state index in [1.165, 1.54) is 0 Å². The van der Waals surface area contributed by atoms with Crippen LogP contribution in [-0.4, -0.2) is 53.1 Å². The number of methoxy groups -OCH3 is 2. The van der Waals surface area contributed by atoms with Gasteiger partial charge >= 0.3 is 6.03 Å². The molecule has 0 unspecified atom stereocenters. The molecule has 0 bridgehead atoms. The number of aromatic nitrogens is 4. The van der Waals surface area contributed by atoms with Gasteiger partial charge in [-0.05, 0) is 25.1 Å². The first-order valence-corrected chi connectivity index (χ1v) is 8.95. The highest BCUT2D eigenvalue weighted by Gasteiger charge is 2.07. The monoisotopic (exact) mass is 397 g/mol. The van der Waals surface area contributed by atoms with Crippen molar-refractivity contribution >= 4 is 17.5 Å². The van der Waals surface area contributed by atoms with Crippen molar-refractivity contribution in [3.8, 4) is 17.3 Å². The first-order valence-electron chi connectivity index (χ1n) is 8.95. The molecule has 3 N–H and O–H groups in total. The third-order valence-electron chi connectivity index (χ3n) is 3.92. The van der Waals surface area contributed by atoms with Crippen LogP contribution in [0.5, 0.6) is 11.5 Å². The Morgan fingerprint density at radius 3 is 2.66 bits per heavy atom. The number of hydrogen-bond acceptors (Lipinski definition) is 7. The molecule has 2 amide bonds. The van der Waals surface area contributed by atoms with Gasteiger partial charge in [-0.3, -0.25) is 0 Å². The third-order valence-corrected chi connectivity index (χ3v) is 3.92. The maximum Gasteiger partial charge on any atom is 0.319 e. The maximum atomic E-state index is 12.1. The second-order valence-electron chi connectivity index (χ2n) is 5.99. The summed E-state index contributed by atoms with van der Waals surface area (Å²) < 4.78 is 12.1. The smallest absolute Gasteiger partial charge is 0.319 e. The number of ether oxygens (including phenoxy) is 2. The van der Waals surface area contributed by atoms with E-state index in [0.29, 0.717) is 47.7 Å². The minimum absolute atomic E-state index is 0.324. The van der Waals surface area contributed by atoms with Gasteiger partial charge in [-0.15, -0.1) is 0 Å². The van der Waals surface area contributed by atoms with Gasteiger partial charge in [-0.2, -0.15) is 5.10 Å². The number of amides is 2. The van der Waals surface area contributed by atoms with Gasteiger partial charge < -0.3 is 25.4 Å². The highest BCUT2D eigenvalue weighted by molar-refractivity contribution is 5.89. The van der Waals surface area contributed by atoms with Gasteiger partial charge in [0.15, 0.2) is 17.3 Å². The second kappa shape index (κ2) is 9.40. The number of carbonyl (C=O) groups is 1. The molecule has 29 heavy (non-hydrogen) atoms. The number of carbonyl (C=O) groups excluding carboxylic acids is 1. The molecule has 0 atom stereocenters. The van der Waals surface area contributed by atoms with Gasteiger partial charge in [0.2, 0.25) is 0 Å². The number of nitrogens with zero attached hydrogens (tertiary/aromatic N) is 4. The van der Waals surface area contributed by atoms with Crippen LogP contribution >= 0.6 is 0 Å². The van der Waals surface area contributed by atoms with Crippen molar-refractivity contribution in [3.63, 3.8) is 0 Å². The molecular weight excluding hydrogens is 374 g/mol. The number of anilines is 2. The molecule has 0 aliphatic carbocycles. The summed E-state index contributed by atoms with van der Waals surface area (Å²) in [6, 6.07) is 8.45. The quantitative estimate of drug-likeness (QED) is 0.499. The van der Waals surface area contributed by atoms with E-state index in [-0.39, 0.29) is 6.03 Å². The Kier molecular flexibility index (Phi) is 6.46. The van der Waals surface area contributed by atoms with E-state index in [9.17, 15) is 4.79 Å². The van der Waals surface area contributed by atoms with Crippen molar-refractivity contribution in [2.45, 2.75) is 6.92 Å². The molecule has 0 aliphatic rings. The molecule has 0 aliphatic heterocycles. The third kappa shape index (κ3) is 5.34. The summed E-state index contributed by atoms with van der Waals surface area (Å²) in [4.78, 5) is 20.8. The molecule has 0 saturated carbocycles. The van der Waals surface area contributed by atoms with Gasteiger partial charge in [0.1, 0.15) is 11.6 Å². The van der Waals surface area contributed by atoms with Crippen LogP contribution in [0.15, 0.2) is 42.7 Å². The van der Waals surface area contributed by atoms with Crippen LogP contribution in [0.2, 0.25) is 0 Å². The number of hydrogen-bond donors (Lipinski definition) is 3. The molecule has 10 heteroatoms. The van der Waals surface area contributed by atoms with Crippen LogP contribution in [0, 0.1) is 6.92 Å². The Morgan fingerprint density at radius 1 is 1.10 bits per heavy atom. The van der Waals surface area contributed by atoms with Crippen molar-refractivity contribution in [1.82, 2.24) is 25.1 Å². The molecule has 0 saturated heterocycles. The molecule has 1 aromatic carbocycles. The summed E-state index contributed by atoms with van der Waals surface area (Å²) in [6.45, 7) is 2.71. The minimum Gasteiger partial charge on any atom is -0.493 e. The highest BCUT2D eigenvalue weighted by Crippen LogP contribution is 2.29. The van der Waals surface area contributed by atoms with E-state index < -0.39 is 0 Å².